The number of hydrogen-bond donors (Lipinski definition) is 0. The first kappa shape index (κ1) is 20.9. The molecule has 5 heteroatoms. The van der Waals surface area contributed by atoms with E-state index in [0.29, 0.717) is 26.1 Å². The molecule has 0 spiro atoms. The SMILES string of the molecule is CCCCCOP(=O)(c1ccccc1)C(CC)CCOC(=O)CC. The summed E-state index contributed by atoms with van der Waals surface area (Å²) in [4.78, 5) is 11.3. The van der Waals surface area contributed by atoms with Gasteiger partial charge in [0.05, 0.1) is 13.2 Å². The summed E-state index contributed by atoms with van der Waals surface area (Å²) in [6, 6.07) is 9.44. The normalized spacial score (nSPS) is 14.8. The molecule has 2 unspecified atom stereocenters. The van der Waals surface area contributed by atoms with Crippen molar-refractivity contribution in [3.63, 3.8) is 0 Å². The second-order valence-electron chi connectivity index (χ2n) is 5.90. The van der Waals surface area contributed by atoms with E-state index >= 15 is 0 Å². The summed E-state index contributed by atoms with van der Waals surface area (Å²) in [6.45, 7) is 6.71. The minimum atomic E-state index is -2.98. The standard InChI is InChI=1S/C19H31O4P/c1-4-7-11-15-23-24(21,18-12-9-8-10-13-18)17(5-2)14-16-22-19(20)6-3/h8-10,12-13,17H,4-7,11,14-16H2,1-3H3. The van der Waals surface area contributed by atoms with Crippen LogP contribution in [0.25, 0.3) is 0 Å². The first-order valence-corrected chi connectivity index (χ1v) is 10.7. The van der Waals surface area contributed by atoms with Crippen LogP contribution in [0.2, 0.25) is 0 Å². The Labute approximate surface area is 146 Å². The zero-order valence-corrected chi connectivity index (χ0v) is 16.1. The number of benzene rings is 1. The number of unbranched alkanes of at least 4 members (excludes halogenated alkanes) is 2. The highest BCUT2D eigenvalue weighted by molar-refractivity contribution is 7.67. The highest BCUT2D eigenvalue weighted by Crippen LogP contribution is 2.53. The Kier molecular flexibility index (Phi) is 9.97. The minimum absolute atomic E-state index is 0.133. The van der Waals surface area contributed by atoms with Gasteiger partial charge in [-0.05, 0) is 31.4 Å². The van der Waals surface area contributed by atoms with Crippen LogP contribution < -0.4 is 5.30 Å². The minimum Gasteiger partial charge on any atom is -0.466 e. The fourth-order valence-corrected chi connectivity index (χ4v) is 5.30. The molecule has 1 aromatic carbocycles. The van der Waals surface area contributed by atoms with Crippen molar-refractivity contribution >= 4 is 18.6 Å². The maximum Gasteiger partial charge on any atom is 0.305 e. The van der Waals surface area contributed by atoms with Crippen LogP contribution in [0, 0.1) is 0 Å². The molecule has 0 aliphatic rings. The molecule has 0 bridgehead atoms. The van der Waals surface area contributed by atoms with Crippen LogP contribution in [0.4, 0.5) is 0 Å². The van der Waals surface area contributed by atoms with Gasteiger partial charge in [0.15, 0.2) is 0 Å². The van der Waals surface area contributed by atoms with Crippen LogP contribution in [0.1, 0.15) is 59.3 Å². The average Bonchev–Trinajstić information content (AvgIpc) is 2.62. The molecular formula is C19H31O4P. The fourth-order valence-electron chi connectivity index (χ4n) is 2.60. The van der Waals surface area contributed by atoms with Crippen molar-refractivity contribution < 1.29 is 18.6 Å². The van der Waals surface area contributed by atoms with Gasteiger partial charge in [0.2, 0.25) is 7.37 Å². The van der Waals surface area contributed by atoms with Crippen molar-refractivity contribution in [2.75, 3.05) is 13.2 Å². The maximum atomic E-state index is 13.7. The van der Waals surface area contributed by atoms with Crippen molar-refractivity contribution in [3.8, 4) is 0 Å². The second kappa shape index (κ2) is 11.4. The van der Waals surface area contributed by atoms with E-state index in [1.807, 2.05) is 37.3 Å². The van der Waals surface area contributed by atoms with E-state index in [4.69, 9.17) is 9.26 Å². The lowest BCUT2D eigenvalue weighted by atomic mass is 10.2. The first-order valence-electron chi connectivity index (χ1n) is 9.03. The molecule has 136 valence electrons. The number of carbonyl (C=O) groups is 1. The van der Waals surface area contributed by atoms with Crippen molar-refractivity contribution in [1.29, 1.82) is 0 Å². The van der Waals surface area contributed by atoms with Crippen molar-refractivity contribution in [3.05, 3.63) is 30.3 Å². The summed E-state index contributed by atoms with van der Waals surface area (Å²) < 4.78 is 24.8. The van der Waals surface area contributed by atoms with Crippen LogP contribution >= 0.6 is 7.37 Å². The second-order valence-corrected chi connectivity index (χ2v) is 8.60. The third-order valence-corrected chi connectivity index (χ3v) is 7.27. The Morgan fingerprint density at radius 2 is 1.79 bits per heavy atom. The lowest BCUT2D eigenvalue weighted by molar-refractivity contribution is -0.143. The molecule has 1 aromatic rings. The molecule has 0 N–H and O–H groups in total. The van der Waals surface area contributed by atoms with E-state index < -0.39 is 7.37 Å². The van der Waals surface area contributed by atoms with Gasteiger partial charge in [0.1, 0.15) is 0 Å². The van der Waals surface area contributed by atoms with Gasteiger partial charge < -0.3 is 9.26 Å². The predicted octanol–water partition coefficient (Wildman–Crippen LogP) is 4.92. The van der Waals surface area contributed by atoms with Gasteiger partial charge in [-0.1, -0.05) is 51.8 Å². The van der Waals surface area contributed by atoms with E-state index in [1.54, 1.807) is 6.92 Å². The number of esters is 1. The quantitative estimate of drug-likeness (QED) is 0.304. The zero-order chi connectivity index (χ0) is 17.8. The van der Waals surface area contributed by atoms with Crippen LogP contribution in [0.15, 0.2) is 30.3 Å². The molecule has 0 fully saturated rings. The summed E-state index contributed by atoms with van der Waals surface area (Å²) in [6.07, 6.45) is 4.73. The Morgan fingerprint density at radius 1 is 1.08 bits per heavy atom. The number of ether oxygens (including phenoxy) is 1. The molecular weight excluding hydrogens is 323 g/mol. The molecule has 0 amide bonds. The predicted molar refractivity (Wildman–Crippen MR) is 99.1 cm³/mol. The van der Waals surface area contributed by atoms with Crippen LogP contribution in [0.5, 0.6) is 0 Å². The molecule has 2 atom stereocenters. The molecule has 4 nitrogen and oxygen atoms in total. The van der Waals surface area contributed by atoms with Crippen molar-refractivity contribution in [2.45, 2.75) is 65.0 Å². The molecule has 0 aromatic heterocycles. The Hall–Kier alpha value is -1.12. The summed E-state index contributed by atoms with van der Waals surface area (Å²) in [5, 5.41) is 0.759. The van der Waals surface area contributed by atoms with Gasteiger partial charge in [0.25, 0.3) is 0 Å². The lowest BCUT2D eigenvalue weighted by Crippen LogP contribution is -2.22. The summed E-state index contributed by atoms with van der Waals surface area (Å²) in [7, 11) is -2.98. The zero-order valence-electron chi connectivity index (χ0n) is 15.2. The highest BCUT2D eigenvalue weighted by Gasteiger charge is 2.34. The molecule has 0 aliphatic heterocycles. The summed E-state index contributed by atoms with van der Waals surface area (Å²) in [5.74, 6) is -0.219. The third kappa shape index (κ3) is 6.41. The number of rotatable bonds is 12. The topological polar surface area (TPSA) is 52.6 Å². The van der Waals surface area contributed by atoms with Crippen LogP contribution in [-0.2, 0) is 18.6 Å². The summed E-state index contributed by atoms with van der Waals surface area (Å²) in [5.41, 5.74) is -0.133. The summed E-state index contributed by atoms with van der Waals surface area (Å²) >= 11 is 0. The third-order valence-electron chi connectivity index (χ3n) is 4.10. The Morgan fingerprint density at radius 3 is 2.38 bits per heavy atom. The fraction of sp³-hybridized carbons (Fsp3) is 0.632. The van der Waals surface area contributed by atoms with Gasteiger partial charge in [0, 0.05) is 17.4 Å². The van der Waals surface area contributed by atoms with E-state index in [2.05, 4.69) is 6.92 Å². The van der Waals surface area contributed by atoms with Gasteiger partial charge in [-0.2, -0.15) is 0 Å². The van der Waals surface area contributed by atoms with Crippen LogP contribution in [0.3, 0.4) is 0 Å². The molecule has 0 aliphatic carbocycles. The van der Waals surface area contributed by atoms with Crippen LogP contribution in [-0.4, -0.2) is 24.8 Å². The Bertz CT molecular complexity index is 515. The molecule has 0 saturated carbocycles. The lowest BCUT2D eigenvalue weighted by Gasteiger charge is -2.27. The maximum absolute atomic E-state index is 13.7. The smallest absolute Gasteiger partial charge is 0.305 e. The van der Waals surface area contributed by atoms with E-state index in [-0.39, 0.29) is 11.6 Å². The molecule has 0 saturated heterocycles. The Balaban J connectivity index is 2.84. The molecule has 0 heterocycles. The van der Waals surface area contributed by atoms with E-state index in [9.17, 15) is 9.36 Å². The van der Waals surface area contributed by atoms with Gasteiger partial charge >= 0.3 is 5.97 Å². The molecule has 0 radical (unpaired) electrons. The van der Waals surface area contributed by atoms with E-state index in [0.717, 1.165) is 31.0 Å². The van der Waals surface area contributed by atoms with Gasteiger partial charge in [-0.15, -0.1) is 0 Å². The first-order chi connectivity index (χ1) is 11.6. The van der Waals surface area contributed by atoms with Crippen molar-refractivity contribution in [2.24, 2.45) is 0 Å². The largest absolute Gasteiger partial charge is 0.466 e. The van der Waals surface area contributed by atoms with Crippen molar-refractivity contribution in [1.82, 2.24) is 0 Å². The number of carbonyl (C=O) groups excluding carboxylic acids is 1. The average molecular weight is 354 g/mol. The molecule has 24 heavy (non-hydrogen) atoms. The monoisotopic (exact) mass is 354 g/mol. The van der Waals surface area contributed by atoms with Gasteiger partial charge in [-0.25, -0.2) is 0 Å². The highest BCUT2D eigenvalue weighted by atomic mass is 31.2. The van der Waals surface area contributed by atoms with Gasteiger partial charge in [-0.3, -0.25) is 9.36 Å². The molecule has 1 rings (SSSR count). The number of hydrogen-bond acceptors (Lipinski definition) is 4. The van der Waals surface area contributed by atoms with E-state index in [1.165, 1.54) is 0 Å².